The van der Waals surface area contributed by atoms with Gasteiger partial charge in [0.25, 0.3) is 0 Å². The summed E-state index contributed by atoms with van der Waals surface area (Å²) in [5, 5.41) is 18.1. The van der Waals surface area contributed by atoms with E-state index in [9.17, 15) is 9.59 Å². The van der Waals surface area contributed by atoms with Gasteiger partial charge in [0.1, 0.15) is 0 Å². The topological polar surface area (TPSA) is 93.1 Å². The molecular weight excluding hydrogens is 168 g/mol. The Hall–Kier alpha value is -1.14. The van der Waals surface area contributed by atoms with Gasteiger partial charge in [-0.3, -0.25) is 0 Å². The van der Waals surface area contributed by atoms with E-state index in [2.05, 4.69) is 9.47 Å². The van der Waals surface area contributed by atoms with Gasteiger partial charge in [-0.25, -0.2) is 9.59 Å². The van der Waals surface area contributed by atoms with Crippen molar-refractivity contribution in [2.75, 3.05) is 0 Å². The number of hydrogen-bond donors (Lipinski definition) is 2. The summed E-state index contributed by atoms with van der Waals surface area (Å²) in [5.74, 6) is -1.73. The van der Waals surface area contributed by atoms with Gasteiger partial charge in [0.2, 0.25) is 0 Å². The molecule has 0 amide bonds. The standard InChI is InChI=1S/C6H6O6/c7-1-3-4(12-5(1)9)2(8)6(10)11-3/h1-4,7-8H/t1-,2+,3-,4-/m1/s1. The highest BCUT2D eigenvalue weighted by atomic mass is 16.7. The molecule has 2 aliphatic rings. The molecule has 2 aliphatic heterocycles. The van der Waals surface area contributed by atoms with Crippen LogP contribution >= 0.6 is 0 Å². The Morgan fingerprint density at radius 2 is 1.25 bits per heavy atom. The first-order valence-corrected chi connectivity index (χ1v) is 3.38. The molecule has 0 aliphatic carbocycles. The highest BCUT2D eigenvalue weighted by molar-refractivity contribution is 5.85. The van der Waals surface area contributed by atoms with Crippen LogP contribution in [0, 0.1) is 0 Å². The van der Waals surface area contributed by atoms with Crippen molar-refractivity contribution in [3.8, 4) is 0 Å². The van der Waals surface area contributed by atoms with E-state index in [0.717, 1.165) is 0 Å². The molecule has 0 spiro atoms. The smallest absolute Gasteiger partial charge is 0.339 e. The lowest BCUT2D eigenvalue weighted by Crippen LogP contribution is -2.31. The fraction of sp³-hybridized carbons (Fsp3) is 0.667. The summed E-state index contributed by atoms with van der Waals surface area (Å²) in [6, 6.07) is 0. The fourth-order valence-electron chi connectivity index (χ4n) is 1.30. The number of aliphatic hydroxyl groups is 2. The minimum atomic E-state index is -1.46. The summed E-state index contributed by atoms with van der Waals surface area (Å²) in [6.45, 7) is 0. The molecule has 2 saturated heterocycles. The van der Waals surface area contributed by atoms with Crippen LogP contribution in [0.3, 0.4) is 0 Å². The second kappa shape index (κ2) is 2.18. The van der Waals surface area contributed by atoms with Gasteiger partial charge in [0, 0.05) is 0 Å². The largest absolute Gasteiger partial charge is 0.453 e. The zero-order chi connectivity index (χ0) is 8.88. The number of carbonyl (C=O) groups excluding carboxylic acids is 2. The summed E-state index contributed by atoms with van der Waals surface area (Å²) >= 11 is 0. The van der Waals surface area contributed by atoms with Crippen LogP contribution in [0.5, 0.6) is 0 Å². The molecule has 0 unspecified atom stereocenters. The Kier molecular flexibility index (Phi) is 1.36. The van der Waals surface area contributed by atoms with Crippen LogP contribution in [-0.2, 0) is 19.1 Å². The van der Waals surface area contributed by atoms with Crippen molar-refractivity contribution >= 4 is 11.9 Å². The fourth-order valence-corrected chi connectivity index (χ4v) is 1.30. The van der Waals surface area contributed by atoms with Crippen molar-refractivity contribution in [2.45, 2.75) is 24.4 Å². The third-order valence-corrected chi connectivity index (χ3v) is 1.93. The molecule has 0 radical (unpaired) electrons. The Bertz CT molecular complexity index is 222. The predicted octanol–water partition coefficient (Wildman–Crippen LogP) is -2.44. The molecule has 4 atom stereocenters. The lowest BCUT2D eigenvalue weighted by atomic mass is 10.1. The highest BCUT2D eigenvalue weighted by Gasteiger charge is 2.57. The number of rotatable bonds is 0. The predicted molar refractivity (Wildman–Crippen MR) is 31.8 cm³/mol. The summed E-state index contributed by atoms with van der Waals surface area (Å²) < 4.78 is 8.99. The highest BCUT2D eigenvalue weighted by Crippen LogP contribution is 2.28. The third kappa shape index (κ3) is 0.759. The lowest BCUT2D eigenvalue weighted by Gasteiger charge is -2.05. The van der Waals surface area contributed by atoms with Gasteiger partial charge in [-0.15, -0.1) is 0 Å². The molecular formula is C6H6O6. The Morgan fingerprint density at radius 1 is 0.917 bits per heavy atom. The molecule has 2 heterocycles. The number of esters is 2. The van der Waals surface area contributed by atoms with Crippen LogP contribution < -0.4 is 0 Å². The van der Waals surface area contributed by atoms with Crippen LogP contribution in [0.1, 0.15) is 0 Å². The summed E-state index contributed by atoms with van der Waals surface area (Å²) in [6.07, 6.45) is -5.01. The first kappa shape index (κ1) is 7.51. The van der Waals surface area contributed by atoms with Gasteiger partial charge in [0.15, 0.2) is 24.4 Å². The van der Waals surface area contributed by atoms with E-state index in [1.807, 2.05) is 0 Å². The first-order chi connectivity index (χ1) is 5.61. The molecule has 0 bridgehead atoms. The molecule has 0 aromatic carbocycles. The monoisotopic (exact) mass is 174 g/mol. The minimum absolute atomic E-state index is 0.864. The van der Waals surface area contributed by atoms with Crippen molar-refractivity contribution in [3.05, 3.63) is 0 Å². The molecule has 0 aromatic heterocycles. The van der Waals surface area contributed by atoms with Crippen LogP contribution in [0.15, 0.2) is 0 Å². The van der Waals surface area contributed by atoms with E-state index in [1.54, 1.807) is 0 Å². The minimum Gasteiger partial charge on any atom is -0.453 e. The van der Waals surface area contributed by atoms with Gasteiger partial charge >= 0.3 is 11.9 Å². The summed E-state index contributed by atoms with van der Waals surface area (Å²) in [7, 11) is 0. The van der Waals surface area contributed by atoms with Gasteiger partial charge in [-0.2, -0.15) is 0 Å². The molecule has 2 rings (SSSR count). The van der Waals surface area contributed by atoms with E-state index >= 15 is 0 Å². The molecule has 12 heavy (non-hydrogen) atoms. The van der Waals surface area contributed by atoms with Crippen molar-refractivity contribution in [1.82, 2.24) is 0 Å². The molecule has 2 fully saturated rings. The van der Waals surface area contributed by atoms with E-state index < -0.39 is 36.4 Å². The number of carbonyl (C=O) groups is 2. The molecule has 0 saturated carbocycles. The lowest BCUT2D eigenvalue weighted by molar-refractivity contribution is -0.159. The van der Waals surface area contributed by atoms with Gasteiger partial charge < -0.3 is 19.7 Å². The zero-order valence-electron chi connectivity index (χ0n) is 5.84. The van der Waals surface area contributed by atoms with E-state index in [1.165, 1.54) is 0 Å². The molecule has 0 aromatic rings. The Morgan fingerprint density at radius 3 is 1.58 bits per heavy atom. The van der Waals surface area contributed by atoms with E-state index in [4.69, 9.17) is 10.2 Å². The van der Waals surface area contributed by atoms with Crippen molar-refractivity contribution in [3.63, 3.8) is 0 Å². The van der Waals surface area contributed by atoms with Crippen molar-refractivity contribution in [2.24, 2.45) is 0 Å². The maximum Gasteiger partial charge on any atom is 0.339 e. The van der Waals surface area contributed by atoms with Crippen LogP contribution in [0.25, 0.3) is 0 Å². The summed E-state index contributed by atoms with van der Waals surface area (Å²) in [5.41, 5.74) is 0. The SMILES string of the molecule is O=C1O[C@H]2[C@H](OC(=O)[C@@H]2O)[C@@H]1O. The number of hydrogen-bond acceptors (Lipinski definition) is 6. The third-order valence-electron chi connectivity index (χ3n) is 1.93. The van der Waals surface area contributed by atoms with Crippen molar-refractivity contribution in [1.29, 1.82) is 0 Å². The number of fused-ring (bicyclic) bond motifs is 1. The molecule has 66 valence electrons. The van der Waals surface area contributed by atoms with Crippen LogP contribution in [0.2, 0.25) is 0 Å². The molecule has 6 nitrogen and oxygen atoms in total. The van der Waals surface area contributed by atoms with Gasteiger partial charge in [-0.05, 0) is 0 Å². The first-order valence-electron chi connectivity index (χ1n) is 3.38. The van der Waals surface area contributed by atoms with Crippen molar-refractivity contribution < 1.29 is 29.3 Å². The van der Waals surface area contributed by atoms with E-state index in [0.29, 0.717) is 0 Å². The zero-order valence-corrected chi connectivity index (χ0v) is 5.84. The van der Waals surface area contributed by atoms with Crippen LogP contribution in [-0.4, -0.2) is 46.6 Å². The second-order valence-corrected chi connectivity index (χ2v) is 2.69. The molecule has 6 heteroatoms. The average molecular weight is 174 g/mol. The maximum atomic E-state index is 10.7. The van der Waals surface area contributed by atoms with E-state index in [-0.39, 0.29) is 0 Å². The summed E-state index contributed by atoms with van der Waals surface area (Å²) in [4.78, 5) is 21.3. The van der Waals surface area contributed by atoms with Crippen LogP contribution in [0.4, 0.5) is 0 Å². The quantitative estimate of drug-likeness (QED) is 0.396. The Balaban J connectivity index is 2.24. The average Bonchev–Trinajstić information content (AvgIpc) is 2.43. The maximum absolute atomic E-state index is 10.7. The van der Waals surface area contributed by atoms with Gasteiger partial charge in [0.05, 0.1) is 0 Å². The normalized spacial score (nSPS) is 45.5. The Labute approximate surface area is 66.7 Å². The van der Waals surface area contributed by atoms with Gasteiger partial charge in [-0.1, -0.05) is 0 Å². The number of aliphatic hydroxyl groups excluding tert-OH is 2. The number of ether oxygens (including phenoxy) is 2. The molecule has 2 N–H and O–H groups in total. The second-order valence-electron chi connectivity index (χ2n) is 2.69.